The summed E-state index contributed by atoms with van der Waals surface area (Å²) in [7, 11) is 0. The monoisotopic (exact) mass is 497 g/mol. The lowest BCUT2D eigenvalue weighted by Crippen LogP contribution is -2.51. The number of rotatable bonds is 7. The molecule has 2 atom stereocenters. The van der Waals surface area contributed by atoms with Crippen molar-refractivity contribution in [3.63, 3.8) is 0 Å². The van der Waals surface area contributed by atoms with E-state index in [4.69, 9.17) is 20.5 Å². The van der Waals surface area contributed by atoms with Gasteiger partial charge in [0.15, 0.2) is 23.1 Å². The van der Waals surface area contributed by atoms with Crippen LogP contribution in [0, 0.1) is 17.2 Å². The van der Waals surface area contributed by atoms with E-state index in [0.717, 1.165) is 37.6 Å². The van der Waals surface area contributed by atoms with Crippen LogP contribution in [0.2, 0.25) is 0 Å². The molecule has 196 valence electrons. The molecule has 3 aliphatic rings. The van der Waals surface area contributed by atoms with Gasteiger partial charge in [-0.1, -0.05) is 25.7 Å². The molecule has 0 spiro atoms. The van der Waals surface area contributed by atoms with Gasteiger partial charge in [0.25, 0.3) is 0 Å². The van der Waals surface area contributed by atoms with Crippen molar-refractivity contribution in [2.45, 2.75) is 83.8 Å². The quantitative estimate of drug-likeness (QED) is 0.289. The number of amides is 1. The number of aromatic nitrogens is 4. The standard InChI is InChI=1S/C25H39N9O2/c1-15-13-27-11-12-33(15)24-32-22-19(34(24)14-17-7-4-3-5-8-17)21(28-16(2)18-9-6-10-18)30-23(31-22)20(26)29-25(35)36/h15-18,27H,3-14H2,1-2H3,(H2,26,29)(H,35,36)(H,28,30,31)/t15-,16-/m1/s1. The van der Waals surface area contributed by atoms with Crippen LogP contribution in [0.25, 0.3) is 11.2 Å². The molecule has 2 aliphatic carbocycles. The summed E-state index contributed by atoms with van der Waals surface area (Å²) in [6, 6.07) is 0.497. The van der Waals surface area contributed by atoms with Crippen LogP contribution < -0.4 is 20.9 Å². The Kier molecular flexibility index (Phi) is 7.27. The minimum Gasteiger partial charge on any atom is -0.465 e. The zero-order valence-electron chi connectivity index (χ0n) is 21.4. The molecule has 0 radical (unpaired) electrons. The minimum absolute atomic E-state index is 0.0374. The third-order valence-corrected chi connectivity index (χ3v) is 8.18. The van der Waals surface area contributed by atoms with Crippen molar-refractivity contribution < 1.29 is 9.90 Å². The number of nitrogens with zero attached hydrogens (tertiary/aromatic N) is 5. The number of imidazole rings is 1. The highest BCUT2D eigenvalue weighted by Crippen LogP contribution is 2.35. The van der Waals surface area contributed by atoms with Gasteiger partial charge in [0.2, 0.25) is 5.95 Å². The number of nitrogens with one attached hydrogen (secondary N) is 4. The van der Waals surface area contributed by atoms with Crippen LogP contribution in [0.3, 0.4) is 0 Å². The molecular weight excluding hydrogens is 458 g/mol. The Morgan fingerprint density at radius 1 is 1.17 bits per heavy atom. The molecule has 36 heavy (non-hydrogen) atoms. The van der Waals surface area contributed by atoms with Gasteiger partial charge in [-0.05, 0) is 51.4 Å². The van der Waals surface area contributed by atoms with Gasteiger partial charge >= 0.3 is 6.09 Å². The molecule has 3 heterocycles. The van der Waals surface area contributed by atoms with E-state index in [1.54, 1.807) is 0 Å². The fourth-order valence-corrected chi connectivity index (χ4v) is 5.83. The Morgan fingerprint density at radius 3 is 2.61 bits per heavy atom. The zero-order valence-corrected chi connectivity index (χ0v) is 21.4. The number of anilines is 2. The molecule has 11 nitrogen and oxygen atoms in total. The average molecular weight is 498 g/mol. The van der Waals surface area contributed by atoms with Crippen LogP contribution >= 0.6 is 0 Å². The predicted octanol–water partition coefficient (Wildman–Crippen LogP) is 3.40. The molecule has 0 aromatic carbocycles. The number of amidine groups is 1. The highest BCUT2D eigenvalue weighted by Gasteiger charge is 2.30. The lowest BCUT2D eigenvalue weighted by Gasteiger charge is -2.36. The molecule has 5 N–H and O–H groups in total. The van der Waals surface area contributed by atoms with Gasteiger partial charge in [0.05, 0.1) is 0 Å². The van der Waals surface area contributed by atoms with Crippen LogP contribution in [-0.4, -0.2) is 68.3 Å². The smallest absolute Gasteiger partial charge is 0.410 e. The van der Waals surface area contributed by atoms with E-state index in [-0.39, 0.29) is 23.7 Å². The molecule has 0 bridgehead atoms. The molecule has 0 unspecified atom stereocenters. The molecular formula is C25H39N9O2. The van der Waals surface area contributed by atoms with E-state index in [9.17, 15) is 4.79 Å². The largest absolute Gasteiger partial charge is 0.465 e. The second-order valence-electron chi connectivity index (χ2n) is 10.8. The molecule has 3 fully saturated rings. The number of fused-ring (bicyclic) bond motifs is 1. The van der Waals surface area contributed by atoms with Gasteiger partial charge in [0, 0.05) is 38.3 Å². The highest BCUT2D eigenvalue weighted by atomic mass is 16.4. The van der Waals surface area contributed by atoms with E-state index >= 15 is 0 Å². The Hall–Kier alpha value is -2.95. The van der Waals surface area contributed by atoms with Crippen molar-refractivity contribution in [2.75, 3.05) is 29.9 Å². The van der Waals surface area contributed by atoms with Crippen molar-refractivity contribution in [1.82, 2.24) is 30.2 Å². The van der Waals surface area contributed by atoms with Gasteiger partial charge in [-0.15, -0.1) is 0 Å². The summed E-state index contributed by atoms with van der Waals surface area (Å²) in [5.41, 5.74) is 1.37. The SMILES string of the molecule is C[C@@H]1CNCCN1c1nc2nc(C(=N)NC(=O)O)nc(N[C@H](C)C3CCC3)c2n1CC1CCCCC1. The number of hydrogen-bond donors (Lipinski definition) is 5. The number of piperazine rings is 1. The van der Waals surface area contributed by atoms with Gasteiger partial charge in [-0.2, -0.15) is 4.98 Å². The van der Waals surface area contributed by atoms with Crippen LogP contribution in [0.15, 0.2) is 0 Å². The molecule has 1 saturated heterocycles. The first kappa shape index (κ1) is 24.7. The predicted molar refractivity (Wildman–Crippen MR) is 140 cm³/mol. The highest BCUT2D eigenvalue weighted by molar-refractivity contribution is 6.03. The van der Waals surface area contributed by atoms with E-state index in [2.05, 4.69) is 44.2 Å². The second-order valence-corrected chi connectivity index (χ2v) is 10.8. The third-order valence-electron chi connectivity index (χ3n) is 8.18. The first-order chi connectivity index (χ1) is 17.4. The average Bonchev–Trinajstić information content (AvgIpc) is 3.16. The van der Waals surface area contributed by atoms with E-state index in [0.29, 0.717) is 23.3 Å². The minimum atomic E-state index is -1.31. The Bertz CT molecular complexity index is 1110. The molecule has 2 saturated carbocycles. The summed E-state index contributed by atoms with van der Waals surface area (Å²) in [4.78, 5) is 27.9. The summed E-state index contributed by atoms with van der Waals surface area (Å²) in [5, 5.41) is 26.6. The summed E-state index contributed by atoms with van der Waals surface area (Å²) in [5.74, 6) is 2.39. The van der Waals surface area contributed by atoms with E-state index < -0.39 is 6.09 Å². The van der Waals surface area contributed by atoms with Gasteiger partial charge in [-0.3, -0.25) is 10.7 Å². The molecule has 5 rings (SSSR count). The van der Waals surface area contributed by atoms with Gasteiger partial charge in [0.1, 0.15) is 5.52 Å². The summed E-state index contributed by atoms with van der Waals surface area (Å²) < 4.78 is 2.31. The van der Waals surface area contributed by atoms with Crippen LogP contribution in [-0.2, 0) is 6.54 Å². The van der Waals surface area contributed by atoms with Crippen molar-refractivity contribution in [3.8, 4) is 0 Å². The van der Waals surface area contributed by atoms with Crippen LogP contribution in [0.1, 0.15) is 71.0 Å². The molecule has 11 heteroatoms. The lowest BCUT2D eigenvalue weighted by molar-refractivity contribution is 0.200. The second kappa shape index (κ2) is 10.6. The Balaban J connectivity index is 1.62. The maximum Gasteiger partial charge on any atom is 0.410 e. The van der Waals surface area contributed by atoms with E-state index in [1.165, 1.54) is 51.4 Å². The van der Waals surface area contributed by atoms with Crippen molar-refractivity contribution >= 4 is 34.9 Å². The van der Waals surface area contributed by atoms with Crippen LogP contribution in [0.4, 0.5) is 16.6 Å². The fourth-order valence-electron chi connectivity index (χ4n) is 5.83. The first-order valence-electron chi connectivity index (χ1n) is 13.5. The molecule has 2 aromatic rings. The summed E-state index contributed by atoms with van der Waals surface area (Å²) >= 11 is 0. The zero-order chi connectivity index (χ0) is 25.2. The number of carboxylic acid groups (broad SMARTS) is 1. The first-order valence-corrected chi connectivity index (χ1v) is 13.5. The molecule has 1 aliphatic heterocycles. The number of carbonyl (C=O) groups is 1. The Labute approximate surface area is 212 Å². The number of hydrogen-bond acceptors (Lipinski definition) is 8. The lowest BCUT2D eigenvalue weighted by atomic mass is 9.80. The van der Waals surface area contributed by atoms with Crippen molar-refractivity contribution in [2.24, 2.45) is 11.8 Å². The summed E-state index contributed by atoms with van der Waals surface area (Å²) in [6.45, 7) is 7.89. The maximum absolute atomic E-state index is 11.2. The van der Waals surface area contributed by atoms with Crippen molar-refractivity contribution in [1.29, 1.82) is 5.41 Å². The summed E-state index contributed by atoms with van der Waals surface area (Å²) in [6.07, 6.45) is 8.58. The normalized spacial score (nSPS) is 22.3. The fraction of sp³-hybridized carbons (Fsp3) is 0.720. The van der Waals surface area contributed by atoms with Crippen LogP contribution in [0.5, 0.6) is 0 Å². The molecule has 1 amide bonds. The van der Waals surface area contributed by atoms with Gasteiger partial charge < -0.3 is 25.2 Å². The Morgan fingerprint density at radius 2 is 1.94 bits per heavy atom. The van der Waals surface area contributed by atoms with Gasteiger partial charge in [-0.25, -0.2) is 14.8 Å². The maximum atomic E-state index is 11.2. The van der Waals surface area contributed by atoms with Crippen molar-refractivity contribution in [3.05, 3.63) is 5.82 Å². The topological polar surface area (TPSA) is 144 Å². The molecule has 2 aromatic heterocycles. The van der Waals surface area contributed by atoms with E-state index in [1.807, 2.05) is 0 Å². The third kappa shape index (κ3) is 5.11.